The first-order valence-corrected chi connectivity index (χ1v) is 6.64. The van der Waals surface area contributed by atoms with Crippen LogP contribution in [0.25, 0.3) is 0 Å². The first kappa shape index (κ1) is 11.9. The Labute approximate surface area is 106 Å². The number of hydrogen-bond acceptors (Lipinski definition) is 4. The van der Waals surface area contributed by atoms with Crippen LogP contribution in [0.15, 0.2) is 0 Å². The van der Waals surface area contributed by atoms with Crippen molar-refractivity contribution in [1.29, 1.82) is 0 Å². The fraction of sp³-hybridized carbons (Fsp3) is 0.833. The summed E-state index contributed by atoms with van der Waals surface area (Å²) in [7, 11) is 0. The Hall–Kier alpha value is -1.14. The van der Waals surface area contributed by atoms with Gasteiger partial charge in [-0.05, 0) is 18.8 Å². The van der Waals surface area contributed by atoms with Crippen molar-refractivity contribution in [3.05, 3.63) is 0 Å². The lowest BCUT2D eigenvalue weighted by atomic mass is 10.00. The molecule has 3 amide bonds. The lowest BCUT2D eigenvalue weighted by molar-refractivity contribution is -0.125. The average molecular weight is 253 g/mol. The van der Waals surface area contributed by atoms with Crippen molar-refractivity contribution in [2.75, 3.05) is 32.7 Å². The van der Waals surface area contributed by atoms with Crippen LogP contribution in [0.1, 0.15) is 12.8 Å². The van der Waals surface area contributed by atoms with Crippen LogP contribution in [0.3, 0.4) is 0 Å². The Morgan fingerprint density at radius 1 is 1.22 bits per heavy atom. The van der Waals surface area contributed by atoms with Gasteiger partial charge in [-0.2, -0.15) is 0 Å². The second-order valence-corrected chi connectivity index (χ2v) is 5.53. The van der Waals surface area contributed by atoms with Crippen molar-refractivity contribution in [2.45, 2.75) is 18.9 Å². The molecule has 2 heterocycles. The number of aliphatic hydroxyl groups excluding tert-OH is 1. The molecule has 0 aromatic heterocycles. The summed E-state index contributed by atoms with van der Waals surface area (Å²) in [5.74, 6) is 0.857. The maximum Gasteiger partial charge on any atom is 0.324 e. The Kier molecular flexibility index (Phi) is 2.99. The number of hydrogen-bond donors (Lipinski definition) is 2. The SMILES string of the molecule is O=C1CNC(=O)N1CCN1CC2CCC(O)C2C1. The normalized spacial score (nSPS) is 36.3. The quantitative estimate of drug-likeness (QED) is 0.649. The number of nitrogens with zero attached hydrogens (tertiary/aromatic N) is 2. The van der Waals surface area contributed by atoms with Gasteiger partial charge in [0.1, 0.15) is 0 Å². The number of fused-ring (bicyclic) bond motifs is 1. The number of aliphatic hydroxyl groups is 1. The molecule has 3 rings (SSSR count). The van der Waals surface area contributed by atoms with E-state index in [1.165, 1.54) is 4.90 Å². The highest BCUT2D eigenvalue weighted by molar-refractivity contribution is 6.01. The first-order chi connectivity index (χ1) is 8.65. The summed E-state index contributed by atoms with van der Waals surface area (Å²) < 4.78 is 0. The molecule has 0 aromatic rings. The zero-order valence-electron chi connectivity index (χ0n) is 10.3. The largest absolute Gasteiger partial charge is 0.393 e. The molecular formula is C12H19N3O3. The van der Waals surface area contributed by atoms with Crippen LogP contribution < -0.4 is 5.32 Å². The van der Waals surface area contributed by atoms with Crippen molar-refractivity contribution in [3.8, 4) is 0 Å². The molecule has 100 valence electrons. The Morgan fingerprint density at radius 2 is 2.06 bits per heavy atom. The molecule has 0 radical (unpaired) electrons. The number of nitrogens with one attached hydrogen (secondary N) is 1. The summed E-state index contributed by atoms with van der Waals surface area (Å²) in [4.78, 5) is 26.3. The second kappa shape index (κ2) is 4.51. The summed E-state index contributed by atoms with van der Waals surface area (Å²) in [5, 5.41) is 12.3. The molecule has 2 aliphatic heterocycles. The van der Waals surface area contributed by atoms with Crippen LogP contribution >= 0.6 is 0 Å². The van der Waals surface area contributed by atoms with Crippen LogP contribution in [-0.2, 0) is 4.79 Å². The van der Waals surface area contributed by atoms with Gasteiger partial charge < -0.3 is 15.3 Å². The number of carbonyl (C=O) groups excluding carboxylic acids is 2. The van der Waals surface area contributed by atoms with Crippen LogP contribution in [0.2, 0.25) is 0 Å². The molecule has 2 N–H and O–H groups in total. The predicted molar refractivity (Wildman–Crippen MR) is 63.8 cm³/mol. The predicted octanol–water partition coefficient (Wildman–Crippen LogP) is -0.759. The third-order valence-corrected chi connectivity index (χ3v) is 4.47. The third-order valence-electron chi connectivity index (χ3n) is 4.47. The van der Waals surface area contributed by atoms with E-state index in [0.717, 1.165) is 32.5 Å². The van der Waals surface area contributed by atoms with Crippen LogP contribution in [0, 0.1) is 11.8 Å². The van der Waals surface area contributed by atoms with Gasteiger partial charge in [-0.3, -0.25) is 9.69 Å². The number of urea groups is 1. The fourth-order valence-electron chi connectivity index (χ4n) is 3.43. The van der Waals surface area contributed by atoms with Gasteiger partial charge in [0, 0.05) is 32.1 Å². The molecular weight excluding hydrogens is 234 g/mol. The zero-order valence-corrected chi connectivity index (χ0v) is 10.3. The fourth-order valence-corrected chi connectivity index (χ4v) is 3.43. The highest BCUT2D eigenvalue weighted by Crippen LogP contribution is 2.37. The molecule has 3 atom stereocenters. The van der Waals surface area contributed by atoms with E-state index in [9.17, 15) is 14.7 Å². The average Bonchev–Trinajstić information content (AvgIpc) is 2.97. The molecule has 18 heavy (non-hydrogen) atoms. The van der Waals surface area contributed by atoms with Crippen molar-refractivity contribution in [2.24, 2.45) is 11.8 Å². The molecule has 1 saturated carbocycles. The number of carbonyl (C=O) groups is 2. The zero-order chi connectivity index (χ0) is 12.7. The standard InChI is InChI=1S/C12H19N3O3/c16-10-2-1-8-6-14(7-9(8)10)3-4-15-11(17)5-13-12(15)18/h8-10,16H,1-7H2,(H,13,18). The number of rotatable bonds is 3. The van der Waals surface area contributed by atoms with Crippen molar-refractivity contribution < 1.29 is 14.7 Å². The van der Waals surface area contributed by atoms with Gasteiger partial charge >= 0.3 is 6.03 Å². The highest BCUT2D eigenvalue weighted by atomic mass is 16.3. The number of likely N-dealkylation sites (tertiary alicyclic amines) is 1. The van der Waals surface area contributed by atoms with Gasteiger partial charge in [-0.15, -0.1) is 0 Å². The van der Waals surface area contributed by atoms with Gasteiger partial charge in [0.05, 0.1) is 12.6 Å². The summed E-state index contributed by atoms with van der Waals surface area (Å²) in [6, 6.07) is -0.278. The van der Waals surface area contributed by atoms with Gasteiger partial charge in [0.15, 0.2) is 0 Å². The van der Waals surface area contributed by atoms with Gasteiger partial charge in [0.25, 0.3) is 0 Å². The molecule has 6 nitrogen and oxygen atoms in total. The number of amides is 3. The van der Waals surface area contributed by atoms with Crippen LogP contribution in [0.4, 0.5) is 4.79 Å². The molecule has 0 bridgehead atoms. The van der Waals surface area contributed by atoms with Gasteiger partial charge in [-0.25, -0.2) is 4.79 Å². The van der Waals surface area contributed by atoms with E-state index >= 15 is 0 Å². The van der Waals surface area contributed by atoms with Crippen molar-refractivity contribution in [3.63, 3.8) is 0 Å². The number of imide groups is 1. The van der Waals surface area contributed by atoms with Crippen molar-refractivity contribution in [1.82, 2.24) is 15.1 Å². The summed E-state index contributed by atoms with van der Waals surface area (Å²) >= 11 is 0. The van der Waals surface area contributed by atoms with Gasteiger partial charge in [0.2, 0.25) is 5.91 Å². The maximum atomic E-state index is 11.4. The topological polar surface area (TPSA) is 72.9 Å². The summed E-state index contributed by atoms with van der Waals surface area (Å²) in [6.45, 7) is 3.20. The molecule has 3 aliphatic rings. The van der Waals surface area contributed by atoms with Crippen LogP contribution in [-0.4, -0.2) is 65.7 Å². The molecule has 3 fully saturated rings. The minimum atomic E-state index is -0.278. The molecule has 1 aliphatic carbocycles. The minimum Gasteiger partial charge on any atom is -0.393 e. The van der Waals surface area contributed by atoms with E-state index in [4.69, 9.17) is 0 Å². The molecule has 6 heteroatoms. The molecule has 3 unspecified atom stereocenters. The minimum absolute atomic E-state index is 0.128. The van der Waals surface area contributed by atoms with Crippen LogP contribution in [0.5, 0.6) is 0 Å². The van der Waals surface area contributed by atoms with E-state index in [-0.39, 0.29) is 24.6 Å². The Morgan fingerprint density at radius 3 is 2.72 bits per heavy atom. The Balaban J connectivity index is 1.50. The molecule has 2 saturated heterocycles. The lowest BCUT2D eigenvalue weighted by Gasteiger charge is -2.20. The van der Waals surface area contributed by atoms with Crippen molar-refractivity contribution >= 4 is 11.9 Å². The summed E-state index contributed by atoms with van der Waals surface area (Å²) in [5.41, 5.74) is 0. The third kappa shape index (κ3) is 1.99. The first-order valence-electron chi connectivity index (χ1n) is 6.64. The van der Waals surface area contributed by atoms with E-state index in [1.54, 1.807) is 0 Å². The Bertz CT molecular complexity index is 358. The molecule has 0 aromatic carbocycles. The van der Waals surface area contributed by atoms with E-state index in [2.05, 4.69) is 10.2 Å². The molecule has 0 spiro atoms. The van der Waals surface area contributed by atoms with Gasteiger partial charge in [-0.1, -0.05) is 0 Å². The summed E-state index contributed by atoms with van der Waals surface area (Å²) in [6.07, 6.45) is 1.87. The lowest BCUT2D eigenvalue weighted by Crippen LogP contribution is -2.38. The smallest absolute Gasteiger partial charge is 0.324 e. The second-order valence-electron chi connectivity index (χ2n) is 5.53. The highest BCUT2D eigenvalue weighted by Gasteiger charge is 2.41. The van der Waals surface area contributed by atoms with E-state index in [0.29, 0.717) is 18.4 Å². The van der Waals surface area contributed by atoms with E-state index < -0.39 is 0 Å². The maximum absolute atomic E-state index is 11.4. The van der Waals surface area contributed by atoms with E-state index in [1.807, 2.05) is 0 Å². The monoisotopic (exact) mass is 253 g/mol.